The summed E-state index contributed by atoms with van der Waals surface area (Å²) in [7, 11) is 0. The molecule has 0 radical (unpaired) electrons. The van der Waals surface area contributed by atoms with Gasteiger partial charge in [-0.05, 0) is 75.1 Å². The molecule has 0 aromatic heterocycles. The topological polar surface area (TPSA) is 91.6 Å². The molecular formula is C27H35ClN2O5. The number of rotatable bonds is 6. The average molecular weight is 503 g/mol. The van der Waals surface area contributed by atoms with Crippen LogP contribution < -0.4 is 0 Å². The smallest absolute Gasteiger partial charge is 0.263 e. The number of phenols is 1. The minimum atomic E-state index is -0.166. The molecule has 0 unspecified atom stereocenters. The molecule has 0 bridgehead atoms. The van der Waals surface area contributed by atoms with Gasteiger partial charge in [-0.2, -0.15) is 0 Å². The lowest BCUT2D eigenvalue weighted by molar-refractivity contribution is -0.135. The van der Waals surface area contributed by atoms with Crippen molar-refractivity contribution in [2.24, 2.45) is 5.16 Å². The number of carbonyl (C=O) groups excluding carboxylic acids is 1. The van der Waals surface area contributed by atoms with E-state index in [0.717, 1.165) is 37.5 Å². The number of likely N-dealkylation sites (N-methyl/N-ethyl adjacent to an activating group) is 1. The Balaban J connectivity index is 2.00. The molecule has 1 fully saturated rings. The summed E-state index contributed by atoms with van der Waals surface area (Å²) in [5, 5.41) is 25.1. The van der Waals surface area contributed by atoms with Gasteiger partial charge >= 0.3 is 0 Å². The number of carbonyl (C=O) groups is 1. The van der Waals surface area contributed by atoms with Crippen molar-refractivity contribution in [1.82, 2.24) is 4.90 Å². The van der Waals surface area contributed by atoms with E-state index >= 15 is 0 Å². The van der Waals surface area contributed by atoms with Crippen LogP contribution in [0.3, 0.4) is 0 Å². The number of fused-ring (bicyclic) bond motifs is 1. The van der Waals surface area contributed by atoms with Crippen LogP contribution in [-0.4, -0.2) is 53.0 Å². The third-order valence-electron chi connectivity index (χ3n) is 6.12. The molecule has 1 aromatic rings. The van der Waals surface area contributed by atoms with Crippen molar-refractivity contribution in [2.75, 3.05) is 26.3 Å². The van der Waals surface area contributed by atoms with Crippen molar-refractivity contribution in [3.05, 3.63) is 58.3 Å². The maximum atomic E-state index is 12.3. The van der Waals surface area contributed by atoms with E-state index in [1.54, 1.807) is 11.0 Å². The van der Waals surface area contributed by atoms with Gasteiger partial charge in [0.2, 0.25) is 0 Å². The molecule has 7 nitrogen and oxygen atoms in total. The molecule has 1 aromatic carbocycles. The van der Waals surface area contributed by atoms with Gasteiger partial charge in [-0.25, -0.2) is 0 Å². The Bertz CT molecular complexity index is 1010. The number of hydrogen-bond donors (Lipinski definition) is 2. The van der Waals surface area contributed by atoms with Gasteiger partial charge < -0.3 is 24.7 Å². The maximum Gasteiger partial charge on any atom is 0.263 e. The van der Waals surface area contributed by atoms with Crippen LogP contribution in [0.15, 0.2) is 41.8 Å². The van der Waals surface area contributed by atoms with Gasteiger partial charge in [-0.15, -0.1) is 0 Å². The zero-order valence-corrected chi connectivity index (χ0v) is 21.3. The van der Waals surface area contributed by atoms with Crippen LogP contribution in [0.2, 0.25) is 5.02 Å². The number of aromatic hydroxyl groups is 1. The van der Waals surface area contributed by atoms with Gasteiger partial charge in [0.05, 0.1) is 17.3 Å². The average Bonchev–Trinajstić information content (AvgIpc) is 3.69. The highest BCUT2D eigenvalue weighted by atomic mass is 35.5. The van der Waals surface area contributed by atoms with E-state index < -0.39 is 0 Å². The maximum absolute atomic E-state index is 12.3. The molecule has 1 aliphatic heterocycles. The quantitative estimate of drug-likeness (QED) is 0.288. The lowest BCUT2D eigenvalue weighted by Gasteiger charge is -2.20. The molecule has 3 rings (SSSR count). The van der Waals surface area contributed by atoms with Crippen molar-refractivity contribution in [2.45, 2.75) is 58.3 Å². The zero-order chi connectivity index (χ0) is 25.2. The number of hydrogen-bond acceptors (Lipinski definition) is 6. The molecule has 0 saturated heterocycles. The standard InChI is InChI=1S/C27H35ClN2O5/c1-3-30(4-2)25(33)18-35-29-20-11-9-7-5-6-8-10-14-34-24(17-31)26-21(19-12-13-19)16-23(32)27(28)22(26)15-20/h6,8-9,11,16-17,19,31-32H,3-5,7,10,12-15,18H2,1-2H3/b8-6+,11-9+,24-17-,29-20-. The zero-order valence-electron chi connectivity index (χ0n) is 20.5. The van der Waals surface area contributed by atoms with Gasteiger partial charge in [-0.1, -0.05) is 35.0 Å². The van der Waals surface area contributed by atoms with Crippen LogP contribution in [0.4, 0.5) is 0 Å². The fourth-order valence-electron chi connectivity index (χ4n) is 4.09. The van der Waals surface area contributed by atoms with Crippen LogP contribution in [0.1, 0.15) is 68.6 Å². The first kappa shape index (κ1) is 26.7. The van der Waals surface area contributed by atoms with Crippen LogP contribution in [0, 0.1) is 0 Å². The number of oxime groups is 1. The summed E-state index contributed by atoms with van der Waals surface area (Å²) in [6.45, 7) is 5.27. The minimum absolute atomic E-state index is 0.0189. The largest absolute Gasteiger partial charge is 0.512 e. The molecular weight excluding hydrogens is 468 g/mol. The number of aliphatic hydroxyl groups excluding tert-OH is 1. The van der Waals surface area contributed by atoms with E-state index in [4.69, 9.17) is 21.2 Å². The normalized spacial score (nSPS) is 21.0. The van der Waals surface area contributed by atoms with Crippen LogP contribution in [0.5, 0.6) is 5.75 Å². The van der Waals surface area contributed by atoms with Gasteiger partial charge in [0.1, 0.15) is 12.0 Å². The highest BCUT2D eigenvalue weighted by Crippen LogP contribution is 2.48. The summed E-state index contributed by atoms with van der Waals surface area (Å²) in [5.74, 6) is 0.424. The lowest BCUT2D eigenvalue weighted by Crippen LogP contribution is -2.33. The number of ether oxygens (including phenoxy) is 1. The third kappa shape index (κ3) is 7.28. The number of phenolic OH excluding ortho intramolecular Hbond substituents is 1. The second kappa shape index (κ2) is 13.2. The Morgan fingerprint density at radius 2 is 1.94 bits per heavy atom. The first-order chi connectivity index (χ1) is 17.0. The van der Waals surface area contributed by atoms with E-state index in [1.165, 1.54) is 0 Å². The molecule has 1 aliphatic carbocycles. The summed E-state index contributed by atoms with van der Waals surface area (Å²) in [6.07, 6.45) is 13.6. The van der Waals surface area contributed by atoms with Crippen molar-refractivity contribution in [1.29, 1.82) is 0 Å². The van der Waals surface area contributed by atoms with Crippen molar-refractivity contribution in [3.63, 3.8) is 0 Å². The Morgan fingerprint density at radius 3 is 2.63 bits per heavy atom. The SMILES string of the molecule is CCN(CC)C(=O)CO/N=C1/C=C/CC/C=C/CCO/C(=C\O)c2c(C3CC3)cc(O)c(Cl)c2C1. The Morgan fingerprint density at radius 1 is 1.23 bits per heavy atom. The van der Waals surface area contributed by atoms with Crippen molar-refractivity contribution in [3.8, 4) is 5.75 Å². The molecule has 35 heavy (non-hydrogen) atoms. The fourth-order valence-corrected chi connectivity index (χ4v) is 4.31. The molecule has 2 N–H and O–H groups in total. The van der Waals surface area contributed by atoms with Crippen LogP contribution >= 0.6 is 11.6 Å². The van der Waals surface area contributed by atoms with Gasteiger partial charge in [0, 0.05) is 25.1 Å². The summed E-state index contributed by atoms with van der Waals surface area (Å²) in [5.41, 5.74) is 2.72. The highest BCUT2D eigenvalue weighted by molar-refractivity contribution is 6.33. The predicted molar refractivity (Wildman–Crippen MR) is 139 cm³/mol. The molecule has 1 heterocycles. The summed E-state index contributed by atoms with van der Waals surface area (Å²) in [6, 6.07) is 1.67. The number of nitrogens with zero attached hydrogens (tertiary/aromatic N) is 2. The van der Waals surface area contributed by atoms with Crippen molar-refractivity contribution < 1.29 is 24.6 Å². The molecule has 0 spiro atoms. The van der Waals surface area contributed by atoms with Crippen LogP contribution in [-0.2, 0) is 20.8 Å². The van der Waals surface area contributed by atoms with E-state index in [1.807, 2.05) is 26.0 Å². The number of halogens is 1. The van der Waals surface area contributed by atoms with E-state index in [-0.39, 0.29) is 35.6 Å². The van der Waals surface area contributed by atoms with Crippen molar-refractivity contribution >= 4 is 29.0 Å². The molecule has 0 atom stereocenters. The minimum Gasteiger partial charge on any atom is -0.512 e. The van der Waals surface area contributed by atoms with Gasteiger partial charge in [0.25, 0.3) is 5.91 Å². The number of amides is 1. The highest BCUT2D eigenvalue weighted by Gasteiger charge is 2.32. The molecule has 8 heteroatoms. The van der Waals surface area contributed by atoms with E-state index in [2.05, 4.69) is 17.3 Å². The number of allylic oxidation sites excluding steroid dienone is 3. The Labute approximate surface area is 212 Å². The molecule has 1 amide bonds. The van der Waals surface area contributed by atoms with Crippen LogP contribution in [0.25, 0.3) is 5.76 Å². The molecule has 2 aliphatic rings. The first-order valence-electron chi connectivity index (χ1n) is 12.3. The second-order valence-electron chi connectivity index (χ2n) is 8.61. The molecule has 1 saturated carbocycles. The third-order valence-corrected chi connectivity index (χ3v) is 6.54. The van der Waals surface area contributed by atoms with Gasteiger partial charge in [-0.3, -0.25) is 4.79 Å². The lowest BCUT2D eigenvalue weighted by atomic mass is 9.92. The van der Waals surface area contributed by atoms with Gasteiger partial charge in [0.15, 0.2) is 12.4 Å². The first-order valence-corrected chi connectivity index (χ1v) is 12.7. The van der Waals surface area contributed by atoms with E-state index in [0.29, 0.717) is 48.7 Å². The summed E-state index contributed by atoms with van der Waals surface area (Å²) in [4.78, 5) is 19.5. The second-order valence-corrected chi connectivity index (χ2v) is 8.99. The Hall–Kier alpha value is -2.93. The Kier molecular flexibility index (Phi) is 10.1. The summed E-state index contributed by atoms with van der Waals surface area (Å²) < 4.78 is 5.96. The fraction of sp³-hybridized carbons (Fsp3) is 0.481. The summed E-state index contributed by atoms with van der Waals surface area (Å²) >= 11 is 6.60. The monoisotopic (exact) mass is 502 g/mol. The van der Waals surface area contributed by atoms with E-state index in [9.17, 15) is 15.0 Å². The number of benzene rings is 1. The molecule has 190 valence electrons. The predicted octanol–water partition coefficient (Wildman–Crippen LogP) is 5.88. The number of aliphatic hydroxyl groups is 1.